The molecule has 0 saturated carbocycles. The van der Waals surface area contributed by atoms with Crippen molar-refractivity contribution in [1.29, 1.82) is 0 Å². The zero-order chi connectivity index (χ0) is 12.4. The zero-order valence-corrected chi connectivity index (χ0v) is 10.2. The summed E-state index contributed by atoms with van der Waals surface area (Å²) in [6.07, 6.45) is 3.61. The van der Waals surface area contributed by atoms with Crippen LogP contribution in [-0.2, 0) is 0 Å². The molecule has 90 valence electrons. The number of nitrogens with zero attached hydrogens (tertiary/aromatic N) is 2. The van der Waals surface area contributed by atoms with Crippen LogP contribution in [0.5, 0.6) is 0 Å². The summed E-state index contributed by atoms with van der Waals surface area (Å²) in [5, 5.41) is 3.01. The van der Waals surface area contributed by atoms with Crippen LogP contribution >= 0.6 is 0 Å². The van der Waals surface area contributed by atoms with Crippen molar-refractivity contribution in [3.05, 3.63) is 47.5 Å². The molecule has 17 heavy (non-hydrogen) atoms. The normalized spacial score (nSPS) is 12.5. The molecule has 0 radical (unpaired) electrons. The number of aryl methyl sites for hydroxylation is 1. The summed E-state index contributed by atoms with van der Waals surface area (Å²) in [6, 6.07) is 5.38. The highest BCUT2D eigenvalue weighted by Crippen LogP contribution is 2.23. The Kier molecular flexibility index (Phi) is 3.13. The quantitative estimate of drug-likeness (QED) is 0.883. The maximum Gasteiger partial charge on any atom is 0.203 e. The highest BCUT2D eigenvalue weighted by atomic mass is 19.1. The number of hydrogen-bond acceptors (Lipinski definition) is 2. The van der Waals surface area contributed by atoms with Gasteiger partial charge in [0.1, 0.15) is 5.82 Å². The lowest BCUT2D eigenvalue weighted by molar-refractivity contribution is 0.600. The molecule has 0 spiro atoms. The van der Waals surface area contributed by atoms with Crippen LogP contribution < -0.4 is 5.32 Å². The lowest BCUT2D eigenvalue weighted by atomic mass is 10.1. The van der Waals surface area contributed by atoms with Crippen LogP contribution in [-0.4, -0.2) is 16.6 Å². The van der Waals surface area contributed by atoms with Gasteiger partial charge in [-0.3, -0.25) is 0 Å². The van der Waals surface area contributed by atoms with Crippen molar-refractivity contribution in [3.8, 4) is 0 Å². The lowest BCUT2D eigenvalue weighted by Gasteiger charge is -2.17. The number of aromatic nitrogens is 2. The average Bonchev–Trinajstić information content (AvgIpc) is 2.80. The molecule has 0 bridgehead atoms. The molecule has 1 N–H and O–H groups in total. The van der Waals surface area contributed by atoms with Crippen LogP contribution in [0, 0.1) is 12.7 Å². The SMILES string of the molecule is CNc1nccn1C(C)c1ccc(C)c(F)c1. The molecule has 1 heterocycles. The van der Waals surface area contributed by atoms with E-state index >= 15 is 0 Å². The summed E-state index contributed by atoms with van der Waals surface area (Å²) in [5.74, 6) is 0.610. The van der Waals surface area contributed by atoms with Crippen molar-refractivity contribution >= 4 is 5.95 Å². The molecule has 0 aliphatic carbocycles. The molecule has 4 heteroatoms. The minimum absolute atomic E-state index is 0.0510. The van der Waals surface area contributed by atoms with Crippen LogP contribution in [0.25, 0.3) is 0 Å². The Morgan fingerprint density at radius 2 is 2.18 bits per heavy atom. The number of nitrogens with one attached hydrogen (secondary N) is 1. The van der Waals surface area contributed by atoms with Crippen molar-refractivity contribution in [3.63, 3.8) is 0 Å². The summed E-state index contributed by atoms with van der Waals surface area (Å²) >= 11 is 0. The third-order valence-corrected chi connectivity index (χ3v) is 2.99. The second kappa shape index (κ2) is 4.57. The standard InChI is InChI=1S/C13H16FN3/c1-9-4-5-11(8-12(9)14)10(2)17-7-6-16-13(17)15-3/h4-8,10H,1-3H3,(H,15,16). The predicted molar refractivity (Wildman–Crippen MR) is 66.7 cm³/mol. The number of rotatable bonds is 3. The van der Waals surface area contributed by atoms with E-state index in [4.69, 9.17) is 0 Å². The third kappa shape index (κ3) is 2.16. The van der Waals surface area contributed by atoms with E-state index in [-0.39, 0.29) is 11.9 Å². The van der Waals surface area contributed by atoms with Crippen molar-refractivity contribution in [2.75, 3.05) is 12.4 Å². The minimum Gasteiger partial charge on any atom is -0.359 e. The summed E-state index contributed by atoms with van der Waals surface area (Å²) in [5.41, 5.74) is 1.60. The fourth-order valence-electron chi connectivity index (χ4n) is 1.85. The van der Waals surface area contributed by atoms with Gasteiger partial charge in [-0.05, 0) is 31.0 Å². The fraction of sp³-hybridized carbons (Fsp3) is 0.308. The van der Waals surface area contributed by atoms with Gasteiger partial charge < -0.3 is 9.88 Å². The molecule has 3 nitrogen and oxygen atoms in total. The summed E-state index contributed by atoms with van der Waals surface area (Å²) in [7, 11) is 1.82. The number of halogens is 1. The Morgan fingerprint density at radius 1 is 1.41 bits per heavy atom. The smallest absolute Gasteiger partial charge is 0.203 e. The monoisotopic (exact) mass is 233 g/mol. The van der Waals surface area contributed by atoms with Gasteiger partial charge in [-0.15, -0.1) is 0 Å². The summed E-state index contributed by atoms with van der Waals surface area (Å²) < 4.78 is 15.5. The first kappa shape index (κ1) is 11.6. The van der Waals surface area contributed by atoms with Gasteiger partial charge in [-0.1, -0.05) is 12.1 Å². The van der Waals surface area contributed by atoms with Crippen molar-refractivity contribution in [1.82, 2.24) is 9.55 Å². The van der Waals surface area contributed by atoms with Gasteiger partial charge in [0.2, 0.25) is 5.95 Å². The second-order valence-corrected chi connectivity index (χ2v) is 4.09. The van der Waals surface area contributed by atoms with E-state index < -0.39 is 0 Å². The zero-order valence-electron chi connectivity index (χ0n) is 10.2. The van der Waals surface area contributed by atoms with Gasteiger partial charge in [0.05, 0.1) is 6.04 Å². The number of imidazole rings is 1. The van der Waals surface area contributed by atoms with Crippen molar-refractivity contribution in [2.24, 2.45) is 0 Å². The molecule has 2 aromatic rings. The molecule has 1 unspecified atom stereocenters. The van der Waals surface area contributed by atoms with Gasteiger partial charge in [0, 0.05) is 19.4 Å². The van der Waals surface area contributed by atoms with Gasteiger partial charge in [0.15, 0.2) is 0 Å². The fourth-order valence-corrected chi connectivity index (χ4v) is 1.85. The van der Waals surface area contributed by atoms with Crippen LogP contribution in [0.1, 0.15) is 24.1 Å². The Balaban J connectivity index is 2.36. The number of hydrogen-bond donors (Lipinski definition) is 1. The first-order valence-electron chi connectivity index (χ1n) is 5.60. The molecule has 1 atom stereocenters. The molecular formula is C13H16FN3. The van der Waals surface area contributed by atoms with E-state index in [1.165, 1.54) is 0 Å². The third-order valence-electron chi connectivity index (χ3n) is 2.99. The van der Waals surface area contributed by atoms with Crippen LogP contribution in [0.15, 0.2) is 30.6 Å². The van der Waals surface area contributed by atoms with Crippen LogP contribution in [0.2, 0.25) is 0 Å². The Bertz CT molecular complexity index is 519. The molecule has 0 saturated heterocycles. The van der Waals surface area contributed by atoms with Crippen LogP contribution in [0.4, 0.5) is 10.3 Å². The Hall–Kier alpha value is -1.84. The average molecular weight is 233 g/mol. The predicted octanol–water partition coefficient (Wildman–Crippen LogP) is 2.98. The summed E-state index contributed by atoms with van der Waals surface area (Å²) in [6.45, 7) is 3.78. The molecule has 1 aromatic carbocycles. The van der Waals surface area contributed by atoms with E-state index in [1.807, 2.05) is 30.8 Å². The van der Waals surface area contributed by atoms with E-state index in [1.54, 1.807) is 25.3 Å². The van der Waals surface area contributed by atoms with E-state index in [0.717, 1.165) is 11.5 Å². The maximum absolute atomic E-state index is 13.5. The number of benzene rings is 1. The molecule has 0 aliphatic rings. The largest absolute Gasteiger partial charge is 0.359 e. The summed E-state index contributed by atoms with van der Waals surface area (Å²) in [4.78, 5) is 4.18. The molecular weight excluding hydrogens is 217 g/mol. The second-order valence-electron chi connectivity index (χ2n) is 4.09. The highest BCUT2D eigenvalue weighted by Gasteiger charge is 2.12. The van der Waals surface area contributed by atoms with E-state index in [9.17, 15) is 4.39 Å². The highest BCUT2D eigenvalue weighted by molar-refractivity contribution is 5.31. The Morgan fingerprint density at radius 3 is 2.82 bits per heavy atom. The molecule has 0 aliphatic heterocycles. The first-order chi connectivity index (χ1) is 8.13. The molecule has 0 amide bonds. The topological polar surface area (TPSA) is 29.9 Å². The molecule has 2 rings (SSSR count). The van der Waals surface area contributed by atoms with E-state index in [0.29, 0.717) is 5.56 Å². The molecule has 1 aromatic heterocycles. The van der Waals surface area contributed by atoms with Crippen molar-refractivity contribution < 1.29 is 4.39 Å². The van der Waals surface area contributed by atoms with E-state index in [2.05, 4.69) is 10.3 Å². The van der Waals surface area contributed by atoms with Gasteiger partial charge in [-0.2, -0.15) is 0 Å². The Labute approximate surface area is 100 Å². The van der Waals surface area contributed by atoms with Gasteiger partial charge in [0.25, 0.3) is 0 Å². The van der Waals surface area contributed by atoms with Gasteiger partial charge >= 0.3 is 0 Å². The van der Waals surface area contributed by atoms with Gasteiger partial charge in [-0.25, -0.2) is 9.37 Å². The lowest BCUT2D eigenvalue weighted by Crippen LogP contribution is -2.09. The first-order valence-corrected chi connectivity index (χ1v) is 5.60. The van der Waals surface area contributed by atoms with Crippen LogP contribution in [0.3, 0.4) is 0 Å². The number of anilines is 1. The van der Waals surface area contributed by atoms with Crippen molar-refractivity contribution in [2.45, 2.75) is 19.9 Å². The maximum atomic E-state index is 13.5. The molecule has 0 fully saturated rings. The minimum atomic E-state index is -0.166.